The first kappa shape index (κ1) is 31.3. The second-order valence-electron chi connectivity index (χ2n) is 14.5. The Morgan fingerprint density at radius 2 is 0.811 bits per heavy atom. The zero-order valence-corrected chi connectivity index (χ0v) is 30.6. The van der Waals surface area contributed by atoms with Crippen LogP contribution in [0.4, 0.5) is 0 Å². The van der Waals surface area contributed by atoms with Crippen LogP contribution in [-0.2, 0) is 0 Å². The molecule has 0 N–H and O–H groups in total. The Morgan fingerprint density at radius 1 is 0.321 bits per heavy atom. The highest BCUT2D eigenvalue weighted by Crippen LogP contribution is 2.35. The third kappa shape index (κ3) is 5.38. The standard InChI is InChI=1S/C49H35N3Si/c1-53(2)45-31-40(27-28-43(45)44-29-38-14-6-7-15-39(38)30-46(44)53)49-51-47(36-23-19-33(20-24-36)32-11-4-3-5-12-32)50-48(52-49)37-25-21-35(22-26-37)42-18-10-16-34-13-8-9-17-41(34)42/h3-31H,1-2H3. The van der Waals surface area contributed by atoms with Crippen LogP contribution < -0.4 is 10.4 Å². The smallest absolute Gasteiger partial charge is 0.164 e. The van der Waals surface area contributed by atoms with E-state index in [1.54, 1.807) is 0 Å². The summed E-state index contributed by atoms with van der Waals surface area (Å²) in [6, 6.07) is 63.0. The summed E-state index contributed by atoms with van der Waals surface area (Å²) in [7, 11) is -1.99. The largest absolute Gasteiger partial charge is 0.208 e. The quantitative estimate of drug-likeness (QED) is 0.168. The van der Waals surface area contributed by atoms with E-state index >= 15 is 0 Å². The Balaban J connectivity index is 1.09. The SMILES string of the molecule is C[Si]1(C)c2cc(-c3nc(-c4ccc(-c5ccccc5)cc4)nc(-c4ccc(-c5cccc6ccccc56)cc4)n3)ccc2-c2cc3ccccc3cc21. The van der Waals surface area contributed by atoms with E-state index in [9.17, 15) is 0 Å². The highest BCUT2D eigenvalue weighted by Gasteiger charge is 2.38. The molecule has 0 fully saturated rings. The molecule has 0 spiro atoms. The van der Waals surface area contributed by atoms with Crippen LogP contribution in [0.1, 0.15) is 0 Å². The molecule has 250 valence electrons. The van der Waals surface area contributed by atoms with E-state index < -0.39 is 8.07 Å². The zero-order chi connectivity index (χ0) is 35.5. The van der Waals surface area contributed by atoms with Gasteiger partial charge in [0, 0.05) is 16.7 Å². The van der Waals surface area contributed by atoms with Crippen molar-refractivity contribution in [3.63, 3.8) is 0 Å². The van der Waals surface area contributed by atoms with Crippen molar-refractivity contribution in [1.82, 2.24) is 15.0 Å². The molecule has 53 heavy (non-hydrogen) atoms. The van der Waals surface area contributed by atoms with Crippen LogP contribution in [-0.4, -0.2) is 23.0 Å². The van der Waals surface area contributed by atoms with Crippen molar-refractivity contribution in [2.75, 3.05) is 0 Å². The number of benzene rings is 8. The summed E-state index contributed by atoms with van der Waals surface area (Å²) in [5, 5.41) is 7.97. The molecule has 1 aliphatic rings. The summed E-state index contributed by atoms with van der Waals surface area (Å²) in [6.07, 6.45) is 0. The van der Waals surface area contributed by atoms with Gasteiger partial charge in [0.15, 0.2) is 17.5 Å². The van der Waals surface area contributed by atoms with Crippen LogP contribution in [0.15, 0.2) is 176 Å². The van der Waals surface area contributed by atoms with Gasteiger partial charge in [0.1, 0.15) is 8.07 Å². The highest BCUT2D eigenvalue weighted by molar-refractivity contribution is 7.04. The lowest BCUT2D eigenvalue weighted by Gasteiger charge is -2.19. The zero-order valence-electron chi connectivity index (χ0n) is 29.6. The lowest BCUT2D eigenvalue weighted by molar-refractivity contribution is 1.07. The third-order valence-electron chi connectivity index (χ3n) is 10.9. The lowest BCUT2D eigenvalue weighted by Crippen LogP contribution is -2.49. The molecular formula is C49H35N3Si. The fraction of sp³-hybridized carbons (Fsp3) is 0.0408. The third-order valence-corrected chi connectivity index (χ3v) is 14.5. The monoisotopic (exact) mass is 693 g/mol. The van der Waals surface area contributed by atoms with Crippen molar-refractivity contribution < 1.29 is 0 Å². The number of rotatable bonds is 5. The minimum atomic E-state index is -1.99. The van der Waals surface area contributed by atoms with Crippen molar-refractivity contribution in [3.05, 3.63) is 176 Å². The van der Waals surface area contributed by atoms with Crippen molar-refractivity contribution in [1.29, 1.82) is 0 Å². The Labute approximate surface area is 310 Å². The molecule has 8 aromatic carbocycles. The van der Waals surface area contributed by atoms with Crippen molar-refractivity contribution >= 4 is 40.0 Å². The number of hydrogen-bond donors (Lipinski definition) is 0. The predicted molar refractivity (Wildman–Crippen MR) is 224 cm³/mol. The molecule has 4 heteroatoms. The molecule has 0 bridgehead atoms. The normalized spacial score (nSPS) is 12.9. The number of nitrogens with zero attached hydrogens (tertiary/aromatic N) is 3. The first-order valence-electron chi connectivity index (χ1n) is 18.2. The van der Waals surface area contributed by atoms with Gasteiger partial charge in [-0.3, -0.25) is 0 Å². The van der Waals surface area contributed by atoms with Crippen LogP contribution in [0, 0.1) is 0 Å². The Morgan fingerprint density at radius 3 is 1.51 bits per heavy atom. The lowest BCUT2D eigenvalue weighted by atomic mass is 9.97. The van der Waals surface area contributed by atoms with Crippen LogP contribution >= 0.6 is 0 Å². The van der Waals surface area contributed by atoms with Gasteiger partial charge < -0.3 is 0 Å². The summed E-state index contributed by atoms with van der Waals surface area (Å²) < 4.78 is 0. The molecule has 1 aromatic heterocycles. The minimum Gasteiger partial charge on any atom is -0.208 e. The van der Waals surface area contributed by atoms with Crippen LogP contribution in [0.3, 0.4) is 0 Å². The topological polar surface area (TPSA) is 38.7 Å². The minimum absolute atomic E-state index is 0.660. The first-order valence-corrected chi connectivity index (χ1v) is 21.2. The van der Waals surface area contributed by atoms with Gasteiger partial charge in [-0.05, 0) is 71.4 Å². The van der Waals surface area contributed by atoms with Crippen LogP contribution in [0.2, 0.25) is 13.1 Å². The fourth-order valence-electron chi connectivity index (χ4n) is 8.04. The van der Waals surface area contributed by atoms with Crippen LogP contribution in [0.25, 0.3) is 89.1 Å². The summed E-state index contributed by atoms with van der Waals surface area (Å²) in [4.78, 5) is 15.4. The van der Waals surface area contributed by atoms with E-state index in [1.807, 2.05) is 6.07 Å². The molecule has 0 atom stereocenters. The molecule has 2 heterocycles. The molecule has 0 unspecified atom stereocenters. The van der Waals surface area contributed by atoms with Gasteiger partial charge >= 0.3 is 0 Å². The van der Waals surface area contributed by atoms with Gasteiger partial charge in [-0.15, -0.1) is 0 Å². The summed E-state index contributed by atoms with van der Waals surface area (Å²) in [5.74, 6) is 2.01. The molecule has 0 saturated heterocycles. The molecule has 0 radical (unpaired) electrons. The highest BCUT2D eigenvalue weighted by atomic mass is 28.3. The Bertz CT molecular complexity index is 2840. The number of hydrogen-bond acceptors (Lipinski definition) is 3. The Hall–Kier alpha value is -6.49. The predicted octanol–water partition coefficient (Wildman–Crippen LogP) is 11.3. The average Bonchev–Trinajstić information content (AvgIpc) is 3.44. The summed E-state index contributed by atoms with van der Waals surface area (Å²) >= 11 is 0. The van der Waals surface area contributed by atoms with Gasteiger partial charge in [0.05, 0.1) is 0 Å². The van der Waals surface area contributed by atoms with Crippen molar-refractivity contribution in [2.24, 2.45) is 0 Å². The van der Waals surface area contributed by atoms with Crippen molar-refractivity contribution in [3.8, 4) is 67.5 Å². The maximum absolute atomic E-state index is 5.18. The maximum atomic E-state index is 5.18. The van der Waals surface area contributed by atoms with E-state index in [-0.39, 0.29) is 0 Å². The van der Waals surface area contributed by atoms with Gasteiger partial charge in [-0.2, -0.15) is 0 Å². The molecule has 9 aromatic rings. The average molecular weight is 694 g/mol. The number of aromatic nitrogens is 3. The molecule has 3 nitrogen and oxygen atoms in total. The Kier molecular flexibility index (Phi) is 7.27. The van der Waals surface area contributed by atoms with Crippen molar-refractivity contribution in [2.45, 2.75) is 13.1 Å². The summed E-state index contributed by atoms with van der Waals surface area (Å²) in [6.45, 7) is 4.93. The molecule has 0 amide bonds. The second kappa shape index (κ2) is 12.3. The number of fused-ring (bicyclic) bond motifs is 5. The second-order valence-corrected chi connectivity index (χ2v) is 18.8. The fourth-order valence-corrected chi connectivity index (χ4v) is 11.1. The molecule has 1 aliphatic heterocycles. The van der Waals surface area contributed by atoms with E-state index in [4.69, 9.17) is 15.0 Å². The molecule has 10 rings (SSSR count). The van der Waals surface area contributed by atoms with Gasteiger partial charge in [0.25, 0.3) is 0 Å². The molecule has 0 aliphatic carbocycles. The molecular weight excluding hydrogens is 659 g/mol. The first-order chi connectivity index (χ1) is 26.0. The van der Waals surface area contributed by atoms with Gasteiger partial charge in [-0.25, -0.2) is 15.0 Å². The molecule has 0 saturated carbocycles. The summed E-state index contributed by atoms with van der Waals surface area (Å²) in [5.41, 5.74) is 10.3. The van der Waals surface area contributed by atoms with E-state index in [0.717, 1.165) is 27.8 Å². The van der Waals surface area contributed by atoms with E-state index in [1.165, 1.54) is 54.2 Å². The van der Waals surface area contributed by atoms with E-state index in [2.05, 4.69) is 183 Å². The van der Waals surface area contributed by atoms with Crippen LogP contribution in [0.5, 0.6) is 0 Å². The van der Waals surface area contributed by atoms with Gasteiger partial charge in [0.2, 0.25) is 0 Å². The maximum Gasteiger partial charge on any atom is 0.164 e. The van der Waals surface area contributed by atoms with Gasteiger partial charge in [-0.1, -0.05) is 183 Å². The van der Waals surface area contributed by atoms with E-state index in [0.29, 0.717) is 17.5 Å².